The zero-order valence-electron chi connectivity index (χ0n) is 24.8. The minimum Gasteiger partial charge on any atom is -0.291 e. The molecule has 7 nitrogen and oxygen atoms in total. The molecule has 0 radical (unpaired) electrons. The fourth-order valence-corrected chi connectivity index (χ4v) is 9.60. The molecule has 10 heteroatoms. The Morgan fingerprint density at radius 1 is 1.05 bits per heavy atom. The lowest BCUT2D eigenvalue weighted by atomic mass is 9.62. The third-order valence-corrected chi connectivity index (χ3v) is 12.0. The molecule has 4 fully saturated rings. The maximum Gasteiger partial charge on any atom is 0.301 e. The van der Waals surface area contributed by atoms with E-state index in [0.717, 1.165) is 36.5 Å². The Kier molecular flexibility index (Phi) is 7.55. The summed E-state index contributed by atoms with van der Waals surface area (Å²) in [6.45, 7) is 3.30. The minimum atomic E-state index is -3.80. The number of fused-ring (bicyclic) bond motifs is 1. The summed E-state index contributed by atoms with van der Waals surface area (Å²) in [4.78, 5) is 7.47. The number of nitrogens with zero attached hydrogens (tertiary/aromatic N) is 3. The van der Waals surface area contributed by atoms with E-state index in [1.807, 2.05) is 24.3 Å². The summed E-state index contributed by atoms with van der Waals surface area (Å²) in [5.74, 6) is -0.417. The number of para-hydroxylation sites is 2. The van der Waals surface area contributed by atoms with Crippen molar-refractivity contribution < 1.29 is 21.8 Å². The number of hydrogen-bond donors (Lipinski definition) is 2. The zero-order chi connectivity index (χ0) is 29.8. The number of benzene rings is 2. The first-order valence-electron chi connectivity index (χ1n) is 15.9. The number of halogens is 2. The molecule has 6 unspecified atom stereocenters. The number of nitrogens with one attached hydrogen (secondary N) is 2. The summed E-state index contributed by atoms with van der Waals surface area (Å²) in [6.07, 6.45) is 7.92. The van der Waals surface area contributed by atoms with E-state index in [1.165, 1.54) is 24.9 Å². The van der Waals surface area contributed by atoms with Crippen LogP contribution in [-0.4, -0.2) is 66.6 Å². The summed E-state index contributed by atoms with van der Waals surface area (Å²) < 4.78 is 60.6. The smallest absolute Gasteiger partial charge is 0.291 e. The molecule has 0 aromatic heterocycles. The molecule has 7 rings (SSSR count). The van der Waals surface area contributed by atoms with E-state index in [9.17, 15) is 17.2 Å². The van der Waals surface area contributed by atoms with Gasteiger partial charge >= 0.3 is 5.84 Å². The lowest BCUT2D eigenvalue weighted by molar-refractivity contribution is -0.299. The number of aliphatic imine (C=N–C) groups is 1. The van der Waals surface area contributed by atoms with Crippen molar-refractivity contribution in [3.8, 4) is 0 Å². The predicted molar refractivity (Wildman–Crippen MR) is 165 cm³/mol. The molecule has 2 aromatic carbocycles. The highest BCUT2D eigenvalue weighted by atomic mass is 32.2. The van der Waals surface area contributed by atoms with Crippen LogP contribution in [0.3, 0.4) is 0 Å². The molecule has 2 N–H and O–H groups in total. The van der Waals surface area contributed by atoms with Crippen molar-refractivity contribution in [3.63, 3.8) is 0 Å². The van der Waals surface area contributed by atoms with Crippen LogP contribution in [0.25, 0.3) is 0 Å². The standard InChI is InChI=1S/C33H42F2N5O2S/c1-23-37-29-9-5-6-10-30(29)39(23)22-24-19-27-11-17-33(27)31(20-24)40(33)18-14-26(25-7-3-2-4-8-25)21-36-43(41,42)38-28-12-15-32(34,35)16-13-28/h2-10,22,24,26-28,31,36,38H,11-21H2,1H3/q+1. The van der Waals surface area contributed by atoms with Crippen LogP contribution in [0.2, 0.25) is 0 Å². The van der Waals surface area contributed by atoms with Crippen molar-refractivity contribution in [2.75, 3.05) is 13.1 Å². The predicted octanol–water partition coefficient (Wildman–Crippen LogP) is 5.88. The Morgan fingerprint density at radius 3 is 2.53 bits per heavy atom. The summed E-state index contributed by atoms with van der Waals surface area (Å²) in [6, 6.07) is 18.6. The lowest BCUT2D eigenvalue weighted by Crippen LogP contribution is -2.46. The van der Waals surface area contributed by atoms with Crippen molar-refractivity contribution in [2.45, 2.75) is 94.2 Å². The van der Waals surface area contributed by atoms with E-state index in [2.05, 4.69) is 62.4 Å². The van der Waals surface area contributed by atoms with Gasteiger partial charge in [0, 0.05) is 49.9 Å². The minimum absolute atomic E-state index is 0.0216. The second kappa shape index (κ2) is 11.1. The van der Waals surface area contributed by atoms with Gasteiger partial charge in [-0.1, -0.05) is 42.5 Å². The molecular weight excluding hydrogens is 568 g/mol. The van der Waals surface area contributed by atoms with Gasteiger partial charge in [0.05, 0.1) is 6.21 Å². The fraction of sp³-hybridized carbons (Fsp3) is 0.576. The summed E-state index contributed by atoms with van der Waals surface area (Å²) in [5, 5.41) is 0. The first kappa shape index (κ1) is 29.2. The van der Waals surface area contributed by atoms with Gasteiger partial charge < -0.3 is 0 Å². The van der Waals surface area contributed by atoms with E-state index >= 15 is 0 Å². The van der Waals surface area contributed by atoms with E-state index in [1.54, 1.807) is 0 Å². The normalized spacial score (nSPS) is 32.7. The first-order valence-corrected chi connectivity index (χ1v) is 17.4. The van der Waals surface area contributed by atoms with Crippen molar-refractivity contribution in [3.05, 3.63) is 60.2 Å². The van der Waals surface area contributed by atoms with Gasteiger partial charge in [-0.15, -0.1) is 0 Å². The van der Waals surface area contributed by atoms with Crippen LogP contribution in [0.15, 0.2) is 59.6 Å². The summed E-state index contributed by atoms with van der Waals surface area (Å²) in [5.41, 5.74) is 3.66. The van der Waals surface area contributed by atoms with Gasteiger partial charge in [-0.05, 0) is 86.0 Å². The van der Waals surface area contributed by atoms with Gasteiger partial charge in [0.15, 0.2) is 5.69 Å². The topological polar surface area (TPSA) is 76.6 Å². The van der Waals surface area contributed by atoms with Crippen molar-refractivity contribution in [1.29, 1.82) is 0 Å². The molecule has 0 amide bonds. The van der Waals surface area contributed by atoms with Gasteiger partial charge in [0.25, 0.3) is 10.2 Å². The van der Waals surface area contributed by atoms with Crippen LogP contribution in [0.4, 0.5) is 20.2 Å². The highest BCUT2D eigenvalue weighted by Crippen LogP contribution is 2.65. The quantitative estimate of drug-likeness (QED) is 0.261. The summed E-state index contributed by atoms with van der Waals surface area (Å²) >= 11 is 0. The molecule has 2 aliphatic heterocycles. The fourth-order valence-electron chi connectivity index (χ4n) is 8.42. The second-order valence-electron chi connectivity index (χ2n) is 13.3. The number of amidine groups is 1. The Balaban J connectivity index is 0.992. The average molecular weight is 611 g/mol. The van der Waals surface area contributed by atoms with Gasteiger partial charge in [-0.3, -0.25) is 4.90 Å². The molecule has 3 saturated carbocycles. The van der Waals surface area contributed by atoms with Crippen LogP contribution < -0.4 is 9.44 Å². The average Bonchev–Trinajstić information content (AvgIpc) is 3.54. The molecule has 43 heavy (non-hydrogen) atoms. The van der Waals surface area contributed by atoms with Crippen LogP contribution in [0.5, 0.6) is 0 Å². The number of hydrogen-bond acceptors (Lipinski definition) is 4. The van der Waals surface area contributed by atoms with E-state index < -0.39 is 22.2 Å². The largest absolute Gasteiger partial charge is 0.301 e. The Hall–Kier alpha value is -2.53. The van der Waals surface area contributed by atoms with E-state index in [0.29, 0.717) is 23.4 Å². The number of rotatable bonds is 10. The lowest BCUT2D eigenvalue weighted by Gasteiger charge is -2.42. The van der Waals surface area contributed by atoms with E-state index in [-0.39, 0.29) is 38.1 Å². The molecule has 0 bridgehead atoms. The van der Waals surface area contributed by atoms with Crippen LogP contribution in [-0.2, 0) is 10.2 Å². The van der Waals surface area contributed by atoms with Crippen LogP contribution in [0.1, 0.15) is 76.2 Å². The molecular formula is C33H42F2N5O2S+. The van der Waals surface area contributed by atoms with Gasteiger partial charge in [0.1, 0.15) is 0 Å². The van der Waals surface area contributed by atoms with Gasteiger partial charge in [-0.25, -0.2) is 13.5 Å². The Bertz CT molecular complexity index is 1520. The number of likely N-dealkylation sites (tertiary alicyclic amines) is 1. The van der Waals surface area contributed by atoms with E-state index in [4.69, 9.17) is 4.99 Å². The van der Waals surface area contributed by atoms with Gasteiger partial charge in [-0.2, -0.15) is 17.7 Å². The highest BCUT2D eigenvalue weighted by Gasteiger charge is 2.72. The van der Waals surface area contributed by atoms with Crippen molar-refractivity contribution in [1.82, 2.24) is 14.3 Å². The summed E-state index contributed by atoms with van der Waals surface area (Å²) in [7, 11) is -3.80. The zero-order valence-corrected chi connectivity index (χ0v) is 25.6. The first-order chi connectivity index (χ1) is 20.6. The highest BCUT2D eigenvalue weighted by molar-refractivity contribution is 7.87. The molecule has 2 aromatic rings. The SMILES string of the molecule is CC1=Nc2ccccc2[N+]1=CC1CC2CCC23C(C1)N3CCC(CNS(=O)(=O)NC1CCC(F)(F)CC1)c1ccccc1. The molecule has 1 saturated heterocycles. The Labute approximate surface area is 253 Å². The third-order valence-electron chi connectivity index (χ3n) is 10.8. The second-order valence-corrected chi connectivity index (χ2v) is 14.9. The maximum absolute atomic E-state index is 13.5. The Morgan fingerprint density at radius 2 is 1.79 bits per heavy atom. The van der Waals surface area contributed by atoms with Crippen LogP contribution in [0, 0.1) is 11.8 Å². The molecule has 6 atom stereocenters. The molecule has 2 heterocycles. The van der Waals surface area contributed by atoms with Crippen molar-refractivity contribution >= 4 is 33.6 Å². The molecule has 3 aliphatic carbocycles. The molecule has 5 aliphatic rings. The third kappa shape index (κ3) is 5.72. The molecule has 230 valence electrons. The number of alkyl halides is 2. The van der Waals surface area contributed by atoms with Crippen LogP contribution >= 0.6 is 0 Å². The molecule has 1 spiro atoms. The monoisotopic (exact) mass is 610 g/mol. The maximum atomic E-state index is 13.5. The van der Waals surface area contributed by atoms with Crippen molar-refractivity contribution in [2.24, 2.45) is 16.8 Å². The van der Waals surface area contributed by atoms with Gasteiger partial charge in [0.2, 0.25) is 11.6 Å².